The van der Waals surface area contributed by atoms with Crippen molar-refractivity contribution in [3.8, 4) is 0 Å². The van der Waals surface area contributed by atoms with Crippen molar-refractivity contribution in [1.82, 2.24) is 15.5 Å². The van der Waals surface area contributed by atoms with Crippen molar-refractivity contribution < 1.29 is 28.7 Å². The minimum absolute atomic E-state index is 0.203. The molecule has 9 heteroatoms. The maximum Gasteiger partial charge on any atom is 0.408 e. The number of amides is 3. The van der Waals surface area contributed by atoms with Gasteiger partial charge in [-0.15, -0.1) is 0 Å². The lowest BCUT2D eigenvalue weighted by molar-refractivity contribution is -0.159. The Morgan fingerprint density at radius 3 is 1.86 bits per heavy atom. The maximum atomic E-state index is 14.2. The van der Waals surface area contributed by atoms with E-state index in [-0.39, 0.29) is 6.42 Å². The molecule has 3 amide bonds. The van der Waals surface area contributed by atoms with E-state index in [0.717, 1.165) is 11.1 Å². The first-order valence-corrected chi connectivity index (χ1v) is 14.3. The van der Waals surface area contributed by atoms with Gasteiger partial charge in [-0.1, -0.05) is 54.6 Å². The maximum absolute atomic E-state index is 14.2. The molecule has 0 saturated carbocycles. The Labute approximate surface area is 250 Å². The lowest BCUT2D eigenvalue weighted by Crippen LogP contribution is -2.56. The van der Waals surface area contributed by atoms with Crippen LogP contribution >= 0.6 is 0 Å². The first-order chi connectivity index (χ1) is 19.4. The second-order valence-corrected chi connectivity index (χ2v) is 12.8. The van der Waals surface area contributed by atoms with E-state index in [1.54, 1.807) is 74.4 Å². The Morgan fingerprint density at radius 1 is 0.786 bits per heavy atom. The predicted octanol–water partition coefficient (Wildman–Crippen LogP) is 5.26. The molecule has 2 aromatic rings. The highest BCUT2D eigenvalue weighted by molar-refractivity contribution is 5.94. The fourth-order valence-corrected chi connectivity index (χ4v) is 4.43. The zero-order valence-electron chi connectivity index (χ0n) is 26.6. The summed E-state index contributed by atoms with van der Waals surface area (Å²) in [5.74, 6) is -1.59. The summed E-state index contributed by atoms with van der Waals surface area (Å²) in [6.45, 7) is 17.5. The third-order valence-electron chi connectivity index (χ3n) is 6.21. The third-order valence-corrected chi connectivity index (χ3v) is 6.21. The first kappa shape index (κ1) is 34.3. The zero-order valence-corrected chi connectivity index (χ0v) is 26.6. The Balaban J connectivity index is 2.51. The van der Waals surface area contributed by atoms with Crippen LogP contribution in [-0.2, 0) is 30.3 Å². The summed E-state index contributed by atoms with van der Waals surface area (Å²) in [7, 11) is 0. The van der Waals surface area contributed by atoms with Crippen LogP contribution in [0.15, 0.2) is 54.6 Å². The van der Waals surface area contributed by atoms with Crippen LogP contribution in [0.4, 0.5) is 4.79 Å². The normalized spacial score (nSPS) is 13.9. The summed E-state index contributed by atoms with van der Waals surface area (Å²) >= 11 is 0. The molecule has 0 aromatic heterocycles. The number of benzene rings is 2. The standard InChI is InChI=1S/C33H47N3O6/c1-21(2)36(29(38)23(4)34-31(40)42-33(8,9)10)27(25-19-15-14-16-22(25)3)28(37)35-26(30(39)41-32(5,6)7)20-24-17-12-11-13-18-24/h11-19,21,23,26-27H,20H2,1-10H3,(H,34,40)(H,35,37). The monoisotopic (exact) mass is 581 g/mol. The highest BCUT2D eigenvalue weighted by Gasteiger charge is 2.39. The number of esters is 1. The minimum Gasteiger partial charge on any atom is -0.458 e. The molecule has 0 radical (unpaired) electrons. The quantitative estimate of drug-likeness (QED) is 0.370. The van der Waals surface area contributed by atoms with Gasteiger partial charge in [-0.25, -0.2) is 9.59 Å². The second kappa shape index (κ2) is 14.3. The highest BCUT2D eigenvalue weighted by Crippen LogP contribution is 2.28. The number of nitrogens with one attached hydrogen (secondary N) is 2. The van der Waals surface area contributed by atoms with Crippen LogP contribution < -0.4 is 10.6 Å². The summed E-state index contributed by atoms with van der Waals surface area (Å²) in [5, 5.41) is 5.49. The molecule has 3 atom stereocenters. The van der Waals surface area contributed by atoms with Gasteiger partial charge in [0, 0.05) is 12.5 Å². The van der Waals surface area contributed by atoms with E-state index < -0.39 is 59.2 Å². The number of aryl methyl sites for hydroxylation is 1. The van der Waals surface area contributed by atoms with Crippen LogP contribution in [0.25, 0.3) is 0 Å². The molecule has 3 unspecified atom stereocenters. The van der Waals surface area contributed by atoms with E-state index in [1.165, 1.54) is 4.90 Å². The molecule has 0 fully saturated rings. The molecule has 0 saturated heterocycles. The molecule has 2 aromatic carbocycles. The summed E-state index contributed by atoms with van der Waals surface area (Å²) in [6, 6.07) is 13.1. The molecule has 2 rings (SSSR count). The lowest BCUT2D eigenvalue weighted by Gasteiger charge is -2.37. The van der Waals surface area contributed by atoms with Crippen molar-refractivity contribution in [3.05, 3.63) is 71.3 Å². The first-order valence-electron chi connectivity index (χ1n) is 14.3. The largest absolute Gasteiger partial charge is 0.458 e. The van der Waals surface area contributed by atoms with E-state index >= 15 is 0 Å². The number of hydrogen-bond acceptors (Lipinski definition) is 6. The summed E-state index contributed by atoms with van der Waals surface area (Å²) < 4.78 is 11.0. The van der Waals surface area contributed by atoms with Crippen LogP contribution in [0.3, 0.4) is 0 Å². The number of nitrogens with zero attached hydrogens (tertiary/aromatic N) is 1. The second-order valence-electron chi connectivity index (χ2n) is 12.8. The topological polar surface area (TPSA) is 114 Å². The van der Waals surface area contributed by atoms with Gasteiger partial charge >= 0.3 is 12.1 Å². The fraction of sp³-hybridized carbons (Fsp3) is 0.515. The molecule has 9 nitrogen and oxygen atoms in total. The molecule has 42 heavy (non-hydrogen) atoms. The predicted molar refractivity (Wildman–Crippen MR) is 163 cm³/mol. The molecule has 0 bridgehead atoms. The number of carbonyl (C=O) groups excluding carboxylic acids is 4. The van der Waals surface area contributed by atoms with Crippen LogP contribution in [0.2, 0.25) is 0 Å². The number of hydrogen-bond donors (Lipinski definition) is 2. The van der Waals surface area contributed by atoms with Gasteiger partial charge in [0.2, 0.25) is 11.8 Å². The number of carbonyl (C=O) groups is 4. The number of alkyl carbamates (subject to hydrolysis) is 1. The van der Waals surface area contributed by atoms with E-state index in [4.69, 9.17) is 9.47 Å². The van der Waals surface area contributed by atoms with Gasteiger partial charge in [0.05, 0.1) is 0 Å². The van der Waals surface area contributed by atoms with Gasteiger partial charge in [-0.2, -0.15) is 0 Å². The molecule has 2 N–H and O–H groups in total. The van der Waals surface area contributed by atoms with Gasteiger partial charge in [0.1, 0.15) is 29.3 Å². The van der Waals surface area contributed by atoms with Gasteiger partial charge in [-0.3, -0.25) is 9.59 Å². The van der Waals surface area contributed by atoms with Crippen molar-refractivity contribution in [1.29, 1.82) is 0 Å². The van der Waals surface area contributed by atoms with E-state index in [9.17, 15) is 19.2 Å². The average Bonchev–Trinajstić information content (AvgIpc) is 2.85. The molecule has 0 heterocycles. The molecule has 0 aliphatic carbocycles. The zero-order chi connectivity index (χ0) is 31.8. The summed E-state index contributed by atoms with van der Waals surface area (Å²) in [6.07, 6.45) is -0.536. The van der Waals surface area contributed by atoms with Gasteiger partial charge in [-0.05, 0) is 85.9 Å². The smallest absolute Gasteiger partial charge is 0.408 e. The molecule has 0 aliphatic heterocycles. The SMILES string of the molecule is Cc1ccccc1C(C(=O)NC(Cc1ccccc1)C(=O)OC(C)(C)C)N(C(=O)C(C)NC(=O)OC(C)(C)C)C(C)C. The highest BCUT2D eigenvalue weighted by atomic mass is 16.6. The number of rotatable bonds is 10. The van der Waals surface area contributed by atoms with E-state index in [2.05, 4.69) is 10.6 Å². The van der Waals surface area contributed by atoms with E-state index in [0.29, 0.717) is 5.56 Å². The van der Waals surface area contributed by atoms with Crippen LogP contribution in [0.1, 0.15) is 85.0 Å². The van der Waals surface area contributed by atoms with Crippen LogP contribution in [0, 0.1) is 6.92 Å². The van der Waals surface area contributed by atoms with Crippen molar-refractivity contribution in [2.75, 3.05) is 0 Å². The Morgan fingerprint density at radius 2 is 1.33 bits per heavy atom. The summed E-state index contributed by atoms with van der Waals surface area (Å²) in [4.78, 5) is 55.4. The molecule has 230 valence electrons. The fourth-order valence-electron chi connectivity index (χ4n) is 4.43. The van der Waals surface area contributed by atoms with E-state index in [1.807, 2.05) is 49.4 Å². The van der Waals surface area contributed by atoms with Gasteiger partial charge < -0.3 is 25.0 Å². The van der Waals surface area contributed by atoms with Gasteiger partial charge in [0.15, 0.2) is 0 Å². The minimum atomic E-state index is -1.10. The molecule has 0 aliphatic rings. The summed E-state index contributed by atoms with van der Waals surface area (Å²) in [5.41, 5.74) is 0.719. The van der Waals surface area contributed by atoms with Crippen LogP contribution in [0.5, 0.6) is 0 Å². The molecular formula is C33H47N3O6. The lowest BCUT2D eigenvalue weighted by atomic mass is 9.96. The number of ether oxygens (including phenoxy) is 2. The Kier molecular flexibility index (Phi) is 11.7. The Hall–Kier alpha value is -3.88. The van der Waals surface area contributed by atoms with Crippen molar-refractivity contribution in [3.63, 3.8) is 0 Å². The Bertz CT molecular complexity index is 1230. The van der Waals surface area contributed by atoms with Crippen molar-refractivity contribution in [2.24, 2.45) is 0 Å². The van der Waals surface area contributed by atoms with Gasteiger partial charge in [0.25, 0.3) is 0 Å². The van der Waals surface area contributed by atoms with Crippen molar-refractivity contribution in [2.45, 2.75) is 111 Å². The third kappa shape index (κ3) is 10.5. The van der Waals surface area contributed by atoms with Crippen LogP contribution in [-0.4, -0.2) is 58.1 Å². The average molecular weight is 582 g/mol. The van der Waals surface area contributed by atoms with Crippen molar-refractivity contribution >= 4 is 23.9 Å². The molecular weight excluding hydrogens is 534 g/mol. The molecule has 0 spiro atoms.